The Morgan fingerprint density at radius 3 is 2.57 bits per heavy atom. The van der Waals surface area contributed by atoms with Gasteiger partial charge in [0.1, 0.15) is 4.90 Å². The predicted octanol–water partition coefficient (Wildman–Crippen LogP) is 0.571. The van der Waals surface area contributed by atoms with Crippen molar-refractivity contribution in [2.24, 2.45) is 5.73 Å². The van der Waals surface area contributed by atoms with Crippen LogP contribution in [0.1, 0.15) is 23.2 Å². The van der Waals surface area contributed by atoms with Gasteiger partial charge in [0, 0.05) is 24.7 Å². The van der Waals surface area contributed by atoms with Crippen LogP contribution in [0.4, 0.5) is 0 Å². The molecule has 1 aliphatic heterocycles. The second-order valence-corrected chi connectivity index (χ2v) is 6.91. The highest BCUT2D eigenvalue weighted by Crippen LogP contribution is 2.23. The van der Waals surface area contributed by atoms with E-state index >= 15 is 0 Å². The van der Waals surface area contributed by atoms with E-state index < -0.39 is 10.0 Å². The van der Waals surface area contributed by atoms with Crippen LogP contribution in [0, 0.1) is 0 Å². The average Bonchev–Trinajstić information content (AvgIpc) is 2.47. The third kappa shape index (κ3) is 3.53. The minimum Gasteiger partial charge on any atom is -0.339 e. The third-order valence-corrected chi connectivity index (χ3v) is 5.01. The normalized spacial score (nSPS) is 17.0. The van der Waals surface area contributed by atoms with E-state index in [2.05, 4.69) is 0 Å². The molecule has 0 atom stereocenters. The third-order valence-electron chi connectivity index (χ3n) is 3.41. The largest absolute Gasteiger partial charge is 0.339 e. The van der Waals surface area contributed by atoms with E-state index in [4.69, 9.17) is 22.5 Å². The molecule has 1 aromatic carbocycles. The standard InChI is InChI=1S/C12H16ClN3O4S/c13-10-2-1-8(7-11(10)21(19,20)15-18)12(17)16-5-3-9(14)4-6-16/h1-2,7,9,15,18H,3-6,14H2. The van der Waals surface area contributed by atoms with Crippen LogP contribution in [0.2, 0.25) is 5.02 Å². The van der Waals surface area contributed by atoms with Crippen LogP contribution in [0.3, 0.4) is 0 Å². The number of carbonyl (C=O) groups is 1. The van der Waals surface area contributed by atoms with Gasteiger partial charge in [-0.25, -0.2) is 8.42 Å². The van der Waals surface area contributed by atoms with E-state index in [1.54, 1.807) is 4.90 Å². The monoisotopic (exact) mass is 333 g/mol. The first-order valence-corrected chi connectivity index (χ1v) is 8.21. The first-order chi connectivity index (χ1) is 9.85. The number of nitrogens with one attached hydrogen (secondary N) is 1. The molecule has 7 nitrogen and oxygen atoms in total. The smallest absolute Gasteiger partial charge is 0.263 e. The molecule has 21 heavy (non-hydrogen) atoms. The lowest BCUT2D eigenvalue weighted by Gasteiger charge is -2.30. The van der Waals surface area contributed by atoms with Gasteiger partial charge < -0.3 is 15.8 Å². The molecule has 0 saturated carbocycles. The predicted molar refractivity (Wildman–Crippen MR) is 76.7 cm³/mol. The molecule has 116 valence electrons. The summed E-state index contributed by atoms with van der Waals surface area (Å²) < 4.78 is 23.3. The number of benzene rings is 1. The lowest BCUT2D eigenvalue weighted by Crippen LogP contribution is -2.42. The molecule has 0 radical (unpaired) electrons. The van der Waals surface area contributed by atoms with Crippen LogP contribution >= 0.6 is 11.6 Å². The molecule has 0 aliphatic carbocycles. The number of piperidine rings is 1. The van der Waals surface area contributed by atoms with Crippen molar-refractivity contribution < 1.29 is 18.4 Å². The molecule has 0 bridgehead atoms. The lowest BCUT2D eigenvalue weighted by molar-refractivity contribution is 0.0714. The summed E-state index contributed by atoms with van der Waals surface area (Å²) in [6, 6.07) is 4.01. The van der Waals surface area contributed by atoms with Crippen molar-refractivity contribution in [3.8, 4) is 0 Å². The van der Waals surface area contributed by atoms with Crippen molar-refractivity contribution in [2.75, 3.05) is 13.1 Å². The Morgan fingerprint density at radius 2 is 2.00 bits per heavy atom. The second-order valence-electron chi connectivity index (χ2n) is 4.87. The van der Waals surface area contributed by atoms with Crippen molar-refractivity contribution in [2.45, 2.75) is 23.8 Å². The summed E-state index contributed by atoms with van der Waals surface area (Å²) in [6.45, 7) is 1.06. The Kier molecular flexibility index (Phi) is 4.84. The molecule has 1 aromatic rings. The van der Waals surface area contributed by atoms with Crippen molar-refractivity contribution in [1.82, 2.24) is 9.79 Å². The maximum atomic E-state index is 12.3. The quantitative estimate of drug-likeness (QED) is 0.700. The van der Waals surface area contributed by atoms with E-state index in [1.165, 1.54) is 17.0 Å². The number of hydrogen-bond donors (Lipinski definition) is 3. The van der Waals surface area contributed by atoms with Gasteiger partial charge >= 0.3 is 0 Å². The summed E-state index contributed by atoms with van der Waals surface area (Å²) in [4.78, 5) is 14.8. The summed E-state index contributed by atoms with van der Waals surface area (Å²) >= 11 is 5.80. The minimum absolute atomic E-state index is 0.0752. The molecule has 0 spiro atoms. The SMILES string of the molecule is NC1CCN(C(=O)c2ccc(Cl)c(S(=O)(=O)NO)c2)CC1. The number of nitrogens with two attached hydrogens (primary N) is 1. The fourth-order valence-corrected chi connectivity index (χ4v) is 3.30. The van der Waals surface area contributed by atoms with Crippen molar-refractivity contribution >= 4 is 27.5 Å². The number of amides is 1. The van der Waals surface area contributed by atoms with Gasteiger partial charge in [0.05, 0.1) is 5.02 Å². The van der Waals surface area contributed by atoms with Crippen molar-refractivity contribution in [1.29, 1.82) is 0 Å². The second kappa shape index (κ2) is 6.29. The molecule has 2 rings (SSSR count). The van der Waals surface area contributed by atoms with E-state index in [1.807, 2.05) is 0 Å². The molecule has 1 fully saturated rings. The molecule has 1 saturated heterocycles. The lowest BCUT2D eigenvalue weighted by atomic mass is 10.0. The molecule has 9 heteroatoms. The molecule has 1 amide bonds. The Labute approximate surface area is 127 Å². The van der Waals surface area contributed by atoms with Gasteiger partial charge in [-0.3, -0.25) is 4.79 Å². The minimum atomic E-state index is -4.14. The number of carbonyl (C=O) groups excluding carboxylic acids is 1. The maximum Gasteiger partial charge on any atom is 0.263 e. The van der Waals surface area contributed by atoms with Crippen molar-refractivity contribution in [3.05, 3.63) is 28.8 Å². The fourth-order valence-electron chi connectivity index (χ4n) is 2.18. The van der Waals surface area contributed by atoms with Gasteiger partial charge in [0.15, 0.2) is 0 Å². The molecule has 4 N–H and O–H groups in total. The summed E-state index contributed by atoms with van der Waals surface area (Å²) in [5, 5.41) is 8.60. The number of sulfonamides is 1. The zero-order chi connectivity index (χ0) is 15.6. The molecule has 1 aliphatic rings. The van der Waals surface area contributed by atoms with Crippen LogP contribution in [0.5, 0.6) is 0 Å². The van der Waals surface area contributed by atoms with Crippen LogP contribution < -0.4 is 10.6 Å². The zero-order valence-electron chi connectivity index (χ0n) is 11.1. The average molecular weight is 334 g/mol. The van der Waals surface area contributed by atoms with Crippen LogP contribution in [-0.2, 0) is 10.0 Å². The summed E-state index contributed by atoms with van der Waals surface area (Å²) in [5.41, 5.74) is 5.98. The summed E-state index contributed by atoms with van der Waals surface area (Å²) in [6.07, 6.45) is 1.42. The zero-order valence-corrected chi connectivity index (χ0v) is 12.7. The van der Waals surface area contributed by atoms with Gasteiger partial charge in [-0.2, -0.15) is 0 Å². The van der Waals surface area contributed by atoms with E-state index in [0.29, 0.717) is 25.9 Å². The van der Waals surface area contributed by atoms with Gasteiger partial charge in [-0.15, -0.1) is 0 Å². The van der Waals surface area contributed by atoms with Crippen molar-refractivity contribution in [3.63, 3.8) is 0 Å². The number of hydrogen-bond acceptors (Lipinski definition) is 5. The molecule has 1 heterocycles. The summed E-state index contributed by atoms with van der Waals surface area (Å²) in [5.74, 6) is -0.284. The fraction of sp³-hybridized carbons (Fsp3) is 0.417. The molecular weight excluding hydrogens is 318 g/mol. The molecule has 0 aromatic heterocycles. The first-order valence-electron chi connectivity index (χ1n) is 6.35. The summed E-state index contributed by atoms with van der Waals surface area (Å²) in [7, 11) is -4.14. The number of nitrogens with zero attached hydrogens (tertiary/aromatic N) is 1. The number of halogens is 1. The van der Waals surface area contributed by atoms with E-state index in [9.17, 15) is 13.2 Å². The van der Waals surface area contributed by atoms with E-state index in [-0.39, 0.29) is 27.4 Å². The Balaban J connectivity index is 2.29. The van der Waals surface area contributed by atoms with Crippen LogP contribution in [0.25, 0.3) is 0 Å². The highest BCUT2D eigenvalue weighted by Gasteiger charge is 2.24. The molecular formula is C12H16ClN3O4S. The highest BCUT2D eigenvalue weighted by atomic mass is 35.5. The van der Waals surface area contributed by atoms with Gasteiger partial charge in [-0.1, -0.05) is 16.5 Å². The number of likely N-dealkylation sites (tertiary alicyclic amines) is 1. The van der Waals surface area contributed by atoms with E-state index in [0.717, 1.165) is 6.07 Å². The Hall–Kier alpha value is -1.19. The van der Waals surface area contributed by atoms with Crippen LogP contribution in [-0.4, -0.2) is 43.6 Å². The topological polar surface area (TPSA) is 113 Å². The molecule has 0 unspecified atom stereocenters. The van der Waals surface area contributed by atoms with Crippen LogP contribution in [0.15, 0.2) is 23.1 Å². The van der Waals surface area contributed by atoms with Gasteiger partial charge in [-0.05, 0) is 31.0 Å². The highest BCUT2D eigenvalue weighted by molar-refractivity contribution is 7.89. The van der Waals surface area contributed by atoms with Gasteiger partial charge in [0.25, 0.3) is 15.9 Å². The Morgan fingerprint density at radius 1 is 1.38 bits per heavy atom. The number of rotatable bonds is 3. The Bertz CT molecular complexity index is 642. The maximum absolute atomic E-state index is 12.3. The first kappa shape index (κ1) is 16.2. The van der Waals surface area contributed by atoms with Gasteiger partial charge in [0.2, 0.25) is 0 Å².